The average molecular weight is 501 g/mol. The van der Waals surface area contributed by atoms with Crippen LogP contribution >= 0.6 is 0 Å². The van der Waals surface area contributed by atoms with Crippen molar-refractivity contribution < 1.29 is 13.2 Å². The predicted octanol–water partition coefficient (Wildman–Crippen LogP) is 8.80. The molecular formula is C28H23F3N6. The normalized spacial score (nSPS) is 11.4. The molecule has 37 heavy (non-hydrogen) atoms. The van der Waals surface area contributed by atoms with Gasteiger partial charge in [0.25, 0.3) is 0 Å². The first-order valence-corrected chi connectivity index (χ1v) is 11.4. The molecular weight excluding hydrogens is 477 g/mol. The largest absolute Gasteiger partial charge is 0.418 e. The topological polar surface area (TPSA) is 85.5 Å². The maximum atomic E-state index is 13.5. The molecule has 0 fully saturated rings. The molecule has 4 rings (SSSR count). The zero-order valence-electron chi connectivity index (χ0n) is 20.4. The van der Waals surface area contributed by atoms with E-state index in [4.69, 9.17) is 0 Å². The number of hydrogen-bond donors (Lipinski definition) is 2. The fraction of sp³-hybridized carbons (Fsp3) is 0.143. The first kappa shape index (κ1) is 25.4. The molecule has 2 N–H and O–H groups in total. The van der Waals surface area contributed by atoms with E-state index in [9.17, 15) is 18.4 Å². The molecule has 1 heterocycles. The number of aryl methyl sites for hydroxylation is 2. The van der Waals surface area contributed by atoms with Gasteiger partial charge in [-0.1, -0.05) is 47.5 Å². The van der Waals surface area contributed by atoms with Crippen molar-refractivity contribution in [2.24, 2.45) is 10.2 Å². The third-order valence-electron chi connectivity index (χ3n) is 5.62. The lowest BCUT2D eigenvalue weighted by Gasteiger charge is -2.16. The Bertz CT molecular complexity index is 1490. The molecule has 186 valence electrons. The lowest BCUT2D eigenvalue weighted by atomic mass is 10.1. The van der Waals surface area contributed by atoms with E-state index in [1.807, 2.05) is 62.4 Å². The Kier molecular flexibility index (Phi) is 7.20. The van der Waals surface area contributed by atoms with Crippen LogP contribution in [0.3, 0.4) is 0 Å². The molecule has 9 heteroatoms. The van der Waals surface area contributed by atoms with Crippen molar-refractivity contribution >= 4 is 34.4 Å². The Hall–Kier alpha value is -4.71. The summed E-state index contributed by atoms with van der Waals surface area (Å²) in [6, 6.07) is 22.1. The van der Waals surface area contributed by atoms with Gasteiger partial charge in [-0.2, -0.15) is 18.4 Å². The first-order valence-electron chi connectivity index (χ1n) is 11.4. The number of benzene rings is 3. The van der Waals surface area contributed by atoms with Gasteiger partial charge in [0.1, 0.15) is 11.8 Å². The Morgan fingerprint density at radius 1 is 0.757 bits per heavy atom. The number of anilines is 4. The summed E-state index contributed by atoms with van der Waals surface area (Å²) in [6.45, 7) is 5.58. The molecule has 3 aromatic carbocycles. The fourth-order valence-electron chi connectivity index (χ4n) is 3.58. The third-order valence-corrected chi connectivity index (χ3v) is 5.62. The summed E-state index contributed by atoms with van der Waals surface area (Å²) in [7, 11) is 0. The second-order valence-corrected chi connectivity index (χ2v) is 8.47. The molecule has 1 aromatic heterocycles. The van der Waals surface area contributed by atoms with E-state index in [0.29, 0.717) is 11.3 Å². The van der Waals surface area contributed by atoms with Crippen LogP contribution < -0.4 is 10.6 Å². The quantitative estimate of drug-likeness (QED) is 0.259. The van der Waals surface area contributed by atoms with Crippen molar-refractivity contribution in [3.63, 3.8) is 0 Å². The molecule has 0 atom stereocenters. The molecule has 0 amide bonds. The molecule has 0 bridgehead atoms. The Morgan fingerprint density at radius 2 is 1.30 bits per heavy atom. The van der Waals surface area contributed by atoms with Gasteiger partial charge in [0.15, 0.2) is 11.6 Å². The first-order chi connectivity index (χ1) is 17.7. The molecule has 0 aliphatic carbocycles. The zero-order valence-corrected chi connectivity index (χ0v) is 20.4. The van der Waals surface area contributed by atoms with Crippen molar-refractivity contribution in [3.8, 4) is 6.07 Å². The van der Waals surface area contributed by atoms with Gasteiger partial charge >= 0.3 is 6.18 Å². The highest BCUT2D eigenvalue weighted by Gasteiger charge is 2.33. The van der Waals surface area contributed by atoms with Crippen LogP contribution in [0.4, 0.5) is 47.6 Å². The van der Waals surface area contributed by atoms with Crippen LogP contribution in [0.1, 0.15) is 27.8 Å². The van der Waals surface area contributed by atoms with E-state index in [-0.39, 0.29) is 28.6 Å². The maximum Gasteiger partial charge on any atom is 0.418 e. The third kappa shape index (κ3) is 5.93. The molecule has 0 aliphatic rings. The van der Waals surface area contributed by atoms with Crippen LogP contribution in [-0.2, 0) is 6.18 Å². The number of nitrogens with one attached hydrogen (secondary N) is 2. The van der Waals surface area contributed by atoms with Crippen LogP contribution in [0.15, 0.2) is 83.0 Å². The van der Waals surface area contributed by atoms with Crippen LogP contribution in [0.5, 0.6) is 0 Å². The molecule has 0 aliphatic heterocycles. The van der Waals surface area contributed by atoms with Crippen LogP contribution in [-0.4, -0.2) is 4.98 Å². The van der Waals surface area contributed by atoms with Gasteiger partial charge in [-0.25, -0.2) is 4.98 Å². The molecule has 6 nitrogen and oxygen atoms in total. The van der Waals surface area contributed by atoms with Gasteiger partial charge in [0.05, 0.1) is 16.8 Å². The Morgan fingerprint density at radius 3 is 1.84 bits per heavy atom. The van der Waals surface area contributed by atoms with Gasteiger partial charge in [-0.05, 0) is 57.2 Å². The summed E-state index contributed by atoms with van der Waals surface area (Å²) in [5, 5.41) is 24.3. The molecule has 0 radical (unpaired) electrons. The zero-order chi connectivity index (χ0) is 26.6. The number of aromatic nitrogens is 1. The molecule has 4 aromatic rings. The van der Waals surface area contributed by atoms with Crippen molar-refractivity contribution in [3.05, 3.63) is 101 Å². The molecule has 0 saturated carbocycles. The Balaban J connectivity index is 1.84. The average Bonchev–Trinajstić information content (AvgIpc) is 2.86. The summed E-state index contributed by atoms with van der Waals surface area (Å²) >= 11 is 0. The van der Waals surface area contributed by atoms with Crippen LogP contribution in [0.2, 0.25) is 0 Å². The highest BCUT2D eigenvalue weighted by molar-refractivity contribution is 5.79. The maximum absolute atomic E-state index is 13.5. The lowest BCUT2D eigenvalue weighted by Crippen LogP contribution is -2.05. The number of alkyl halides is 3. The summed E-state index contributed by atoms with van der Waals surface area (Å²) in [4.78, 5) is 4.60. The molecule has 0 saturated heterocycles. The second kappa shape index (κ2) is 10.5. The monoisotopic (exact) mass is 500 g/mol. The molecule has 0 spiro atoms. The van der Waals surface area contributed by atoms with Crippen LogP contribution in [0, 0.1) is 32.1 Å². The van der Waals surface area contributed by atoms with E-state index in [0.717, 1.165) is 22.9 Å². The SMILES string of the molecule is Cc1ccc(Nc2nc(Nc3ccc(C)cc3)c(N=Nc3ccccc3C(F)(F)F)c(C)c2C#N)cc1. The van der Waals surface area contributed by atoms with E-state index in [2.05, 4.69) is 31.9 Å². The lowest BCUT2D eigenvalue weighted by molar-refractivity contribution is -0.137. The van der Waals surface area contributed by atoms with Gasteiger partial charge in [-0.15, -0.1) is 10.2 Å². The summed E-state index contributed by atoms with van der Waals surface area (Å²) in [6.07, 6.45) is -4.59. The van der Waals surface area contributed by atoms with Gasteiger partial charge < -0.3 is 10.6 Å². The number of rotatable bonds is 6. The summed E-state index contributed by atoms with van der Waals surface area (Å²) < 4.78 is 40.4. The van der Waals surface area contributed by atoms with E-state index >= 15 is 0 Å². The minimum Gasteiger partial charge on any atom is -0.339 e. The smallest absolute Gasteiger partial charge is 0.339 e. The van der Waals surface area contributed by atoms with E-state index in [1.165, 1.54) is 18.2 Å². The molecule has 0 unspecified atom stereocenters. The van der Waals surface area contributed by atoms with Gasteiger partial charge in [0.2, 0.25) is 0 Å². The summed E-state index contributed by atoms with van der Waals surface area (Å²) in [5.41, 5.74) is 3.07. The number of azo groups is 1. The van der Waals surface area contributed by atoms with Gasteiger partial charge in [0, 0.05) is 16.9 Å². The predicted molar refractivity (Wildman–Crippen MR) is 138 cm³/mol. The number of nitriles is 1. The minimum absolute atomic E-state index is 0.156. The summed E-state index contributed by atoms with van der Waals surface area (Å²) in [5.74, 6) is 0.524. The number of nitrogens with zero attached hydrogens (tertiary/aromatic N) is 4. The number of pyridine rings is 1. The highest BCUT2D eigenvalue weighted by atomic mass is 19.4. The minimum atomic E-state index is -4.59. The Labute approximate surface area is 212 Å². The van der Waals surface area contributed by atoms with Crippen molar-refractivity contribution in [2.75, 3.05) is 10.6 Å². The fourth-order valence-corrected chi connectivity index (χ4v) is 3.58. The second-order valence-electron chi connectivity index (χ2n) is 8.47. The van der Waals surface area contributed by atoms with Crippen molar-refractivity contribution in [1.29, 1.82) is 5.26 Å². The van der Waals surface area contributed by atoms with Crippen molar-refractivity contribution in [2.45, 2.75) is 26.9 Å². The van der Waals surface area contributed by atoms with E-state index < -0.39 is 11.7 Å². The number of hydrogen-bond acceptors (Lipinski definition) is 6. The van der Waals surface area contributed by atoms with Gasteiger partial charge in [-0.3, -0.25) is 0 Å². The number of halogens is 3. The van der Waals surface area contributed by atoms with Crippen LogP contribution in [0.25, 0.3) is 0 Å². The standard InChI is InChI=1S/C28H23F3N6/c1-17-8-12-20(13-9-17)33-26-22(16-32)19(3)25(27(35-26)34-21-14-10-18(2)11-15-21)37-36-24-7-5-4-6-23(24)28(29,30)31/h4-15H,1-3H3,(H2,33,34,35). The highest BCUT2D eigenvalue weighted by Crippen LogP contribution is 2.40. The van der Waals surface area contributed by atoms with Crippen molar-refractivity contribution in [1.82, 2.24) is 4.98 Å². The van der Waals surface area contributed by atoms with E-state index in [1.54, 1.807) is 6.92 Å².